The van der Waals surface area contributed by atoms with Crippen LogP contribution in [-0.4, -0.2) is 21.8 Å². The molecule has 2 N–H and O–H groups in total. The zero-order chi connectivity index (χ0) is 22.8. The summed E-state index contributed by atoms with van der Waals surface area (Å²) in [5.41, 5.74) is 5.55. The summed E-state index contributed by atoms with van der Waals surface area (Å²) >= 11 is 0. The van der Waals surface area contributed by atoms with E-state index >= 15 is 0 Å². The van der Waals surface area contributed by atoms with Gasteiger partial charge in [-0.05, 0) is 24.1 Å². The smallest absolute Gasteiger partial charge is 0.292 e. The molecule has 0 unspecified atom stereocenters. The number of aromatic nitrogens is 2. The van der Waals surface area contributed by atoms with Crippen LogP contribution in [0.25, 0.3) is 33.4 Å². The number of carbonyl (C=O) groups is 2. The highest BCUT2D eigenvalue weighted by Crippen LogP contribution is 2.26. The Balaban J connectivity index is 1.26. The molecule has 33 heavy (non-hydrogen) atoms. The molecule has 3 aromatic carbocycles. The molecule has 5 aromatic rings. The fourth-order valence-corrected chi connectivity index (χ4v) is 3.92. The minimum Gasteiger partial charge on any atom is -0.358 e. The molecule has 6 heteroatoms. The quantitative estimate of drug-likeness (QED) is 0.280. The second-order valence-electron chi connectivity index (χ2n) is 7.81. The van der Waals surface area contributed by atoms with Gasteiger partial charge in [0, 0.05) is 28.2 Å². The summed E-state index contributed by atoms with van der Waals surface area (Å²) in [6.07, 6.45) is 0. The summed E-state index contributed by atoms with van der Waals surface area (Å²) in [7, 11) is 0. The lowest BCUT2D eigenvalue weighted by molar-refractivity contribution is -0.117. The highest BCUT2D eigenvalue weighted by atomic mass is 16.5. The van der Waals surface area contributed by atoms with E-state index in [2.05, 4.69) is 27.6 Å². The van der Waals surface area contributed by atoms with Crippen molar-refractivity contribution in [1.29, 1.82) is 0 Å². The number of H-pyrrole nitrogens is 1. The van der Waals surface area contributed by atoms with Crippen LogP contribution in [0.5, 0.6) is 0 Å². The summed E-state index contributed by atoms with van der Waals surface area (Å²) in [6.45, 7) is 1.88. The van der Waals surface area contributed by atoms with Gasteiger partial charge in [0.1, 0.15) is 5.69 Å². The van der Waals surface area contributed by atoms with E-state index in [1.165, 1.54) is 0 Å². The molecule has 0 saturated heterocycles. The van der Waals surface area contributed by atoms with E-state index in [1.54, 1.807) is 13.0 Å². The Morgan fingerprint density at radius 3 is 2.33 bits per heavy atom. The number of nitrogens with one attached hydrogen (secondary N) is 2. The first-order valence-electron chi connectivity index (χ1n) is 10.6. The molecule has 0 saturated carbocycles. The Bertz CT molecular complexity index is 1450. The second kappa shape index (κ2) is 8.59. The first-order chi connectivity index (χ1) is 16.1. The molecule has 0 spiro atoms. The third-order valence-electron chi connectivity index (χ3n) is 5.59. The standard InChI is InChI=1S/C27H21N3O3/c1-17-25(22-9-5-6-10-23(22)29-17)26(31)27(32)28-16-21-15-24(33-30-21)20-13-11-19(12-14-20)18-7-3-2-4-8-18/h2-15,29H,16H2,1H3,(H,28,32). The molecule has 1 amide bonds. The first-order valence-corrected chi connectivity index (χ1v) is 10.6. The van der Waals surface area contributed by atoms with E-state index in [9.17, 15) is 9.59 Å². The molecule has 0 radical (unpaired) electrons. The molecule has 162 valence electrons. The van der Waals surface area contributed by atoms with Crippen LogP contribution in [0.3, 0.4) is 0 Å². The average Bonchev–Trinajstić information content (AvgIpc) is 3.46. The van der Waals surface area contributed by atoms with Gasteiger partial charge in [0.25, 0.3) is 11.7 Å². The number of carbonyl (C=O) groups excluding carboxylic acids is 2. The number of hydrogen-bond donors (Lipinski definition) is 2. The van der Waals surface area contributed by atoms with Gasteiger partial charge in [0.2, 0.25) is 0 Å². The number of para-hydroxylation sites is 1. The van der Waals surface area contributed by atoms with Gasteiger partial charge in [-0.15, -0.1) is 0 Å². The van der Waals surface area contributed by atoms with Gasteiger partial charge in [-0.3, -0.25) is 9.59 Å². The van der Waals surface area contributed by atoms with Gasteiger partial charge in [-0.1, -0.05) is 78.0 Å². The zero-order valence-electron chi connectivity index (χ0n) is 18.0. The Kier molecular flexibility index (Phi) is 5.32. The molecule has 5 rings (SSSR count). The number of benzene rings is 3. The molecule has 0 aliphatic heterocycles. The molecule has 0 fully saturated rings. The maximum Gasteiger partial charge on any atom is 0.292 e. The number of Topliss-reactive ketones (excluding diaryl/α,β-unsaturated/α-hetero) is 1. The number of ketones is 1. The molecular weight excluding hydrogens is 414 g/mol. The third kappa shape index (κ3) is 4.06. The number of fused-ring (bicyclic) bond motifs is 1. The van der Waals surface area contributed by atoms with Gasteiger partial charge in [0.15, 0.2) is 5.76 Å². The molecule has 2 heterocycles. The van der Waals surface area contributed by atoms with E-state index < -0.39 is 11.7 Å². The SMILES string of the molecule is Cc1[nH]c2ccccc2c1C(=O)C(=O)NCc1cc(-c2ccc(-c3ccccc3)cc2)on1. The van der Waals surface area contributed by atoms with Crippen LogP contribution in [-0.2, 0) is 11.3 Å². The number of rotatable bonds is 6. The van der Waals surface area contributed by atoms with Gasteiger partial charge >= 0.3 is 0 Å². The number of aromatic amines is 1. The first kappa shape index (κ1) is 20.5. The largest absolute Gasteiger partial charge is 0.358 e. The van der Waals surface area contributed by atoms with Crippen LogP contribution in [0, 0.1) is 6.92 Å². The lowest BCUT2D eigenvalue weighted by Gasteiger charge is -2.03. The predicted molar refractivity (Wildman–Crippen MR) is 127 cm³/mol. The Labute approximate surface area is 190 Å². The van der Waals surface area contributed by atoms with Crippen LogP contribution < -0.4 is 5.32 Å². The minimum atomic E-state index is -0.681. The summed E-state index contributed by atoms with van der Waals surface area (Å²) in [6, 6.07) is 27.3. The molecular formula is C27H21N3O3. The number of aryl methyl sites for hydroxylation is 1. The monoisotopic (exact) mass is 435 g/mol. The van der Waals surface area contributed by atoms with Gasteiger partial charge in [-0.25, -0.2) is 0 Å². The lowest BCUT2D eigenvalue weighted by Crippen LogP contribution is -2.31. The number of amides is 1. The predicted octanol–water partition coefficient (Wildman–Crippen LogP) is 5.30. The van der Waals surface area contributed by atoms with Gasteiger partial charge in [0.05, 0.1) is 12.1 Å². The lowest BCUT2D eigenvalue weighted by atomic mass is 10.0. The van der Waals surface area contributed by atoms with E-state index in [0.717, 1.165) is 27.6 Å². The normalized spacial score (nSPS) is 10.9. The van der Waals surface area contributed by atoms with Crippen molar-refractivity contribution in [2.45, 2.75) is 13.5 Å². The van der Waals surface area contributed by atoms with Crippen LogP contribution in [0.2, 0.25) is 0 Å². The van der Waals surface area contributed by atoms with Crippen molar-refractivity contribution in [2.24, 2.45) is 0 Å². The zero-order valence-corrected chi connectivity index (χ0v) is 18.0. The van der Waals surface area contributed by atoms with E-state index in [4.69, 9.17) is 4.52 Å². The third-order valence-corrected chi connectivity index (χ3v) is 5.59. The van der Waals surface area contributed by atoms with Crippen LogP contribution >= 0.6 is 0 Å². The Morgan fingerprint density at radius 1 is 0.879 bits per heavy atom. The minimum absolute atomic E-state index is 0.0948. The highest BCUT2D eigenvalue weighted by molar-refractivity contribution is 6.45. The van der Waals surface area contributed by atoms with Crippen LogP contribution in [0.1, 0.15) is 21.7 Å². The second-order valence-corrected chi connectivity index (χ2v) is 7.81. The fraction of sp³-hybridized carbons (Fsp3) is 0.0741. The van der Waals surface area contributed by atoms with Crippen LogP contribution in [0.15, 0.2) is 89.5 Å². The van der Waals surface area contributed by atoms with Gasteiger partial charge < -0.3 is 14.8 Å². The van der Waals surface area contributed by atoms with Crippen molar-refractivity contribution in [3.05, 3.63) is 102 Å². The van der Waals surface area contributed by atoms with E-state index in [1.807, 2.05) is 66.7 Å². The average molecular weight is 435 g/mol. The Hall–Kier alpha value is -4.45. The maximum atomic E-state index is 12.8. The van der Waals surface area contributed by atoms with Crippen molar-refractivity contribution in [3.63, 3.8) is 0 Å². The topological polar surface area (TPSA) is 88.0 Å². The van der Waals surface area contributed by atoms with Crippen molar-refractivity contribution in [2.75, 3.05) is 0 Å². The summed E-state index contributed by atoms with van der Waals surface area (Å²) in [5.74, 6) is -0.664. The van der Waals surface area contributed by atoms with Crippen molar-refractivity contribution in [1.82, 2.24) is 15.5 Å². The van der Waals surface area contributed by atoms with Crippen molar-refractivity contribution < 1.29 is 14.1 Å². The summed E-state index contributed by atoms with van der Waals surface area (Å²) in [4.78, 5) is 28.4. The fourth-order valence-electron chi connectivity index (χ4n) is 3.92. The number of hydrogen-bond acceptors (Lipinski definition) is 4. The molecule has 2 aromatic heterocycles. The molecule has 6 nitrogen and oxygen atoms in total. The molecule has 0 bridgehead atoms. The highest BCUT2D eigenvalue weighted by Gasteiger charge is 2.22. The molecule has 0 aliphatic carbocycles. The molecule has 0 atom stereocenters. The summed E-state index contributed by atoms with van der Waals surface area (Å²) < 4.78 is 5.45. The van der Waals surface area contributed by atoms with E-state index in [-0.39, 0.29) is 6.54 Å². The summed E-state index contributed by atoms with van der Waals surface area (Å²) in [5, 5.41) is 7.41. The van der Waals surface area contributed by atoms with Crippen LogP contribution in [0.4, 0.5) is 0 Å². The van der Waals surface area contributed by atoms with Crippen molar-refractivity contribution >= 4 is 22.6 Å². The van der Waals surface area contributed by atoms with E-state index in [0.29, 0.717) is 22.7 Å². The molecule has 0 aliphatic rings. The van der Waals surface area contributed by atoms with Crippen molar-refractivity contribution in [3.8, 4) is 22.5 Å². The Morgan fingerprint density at radius 2 is 1.55 bits per heavy atom. The number of nitrogens with zero attached hydrogens (tertiary/aromatic N) is 1. The van der Waals surface area contributed by atoms with Gasteiger partial charge in [-0.2, -0.15) is 0 Å². The maximum absolute atomic E-state index is 12.8.